The molecule has 0 radical (unpaired) electrons. The molecular formula is C25H31FN2O5S. The summed E-state index contributed by atoms with van der Waals surface area (Å²) in [4.78, 5) is 24.7. The van der Waals surface area contributed by atoms with E-state index in [0.29, 0.717) is 23.3 Å². The molecule has 7 nitrogen and oxygen atoms in total. The molecule has 34 heavy (non-hydrogen) atoms. The van der Waals surface area contributed by atoms with Gasteiger partial charge in [0.1, 0.15) is 5.82 Å². The van der Waals surface area contributed by atoms with Crippen LogP contribution in [0, 0.1) is 39.4 Å². The number of ether oxygens (including phenoxy) is 1. The monoisotopic (exact) mass is 490 g/mol. The quantitative estimate of drug-likeness (QED) is 0.601. The molecule has 0 unspecified atom stereocenters. The van der Waals surface area contributed by atoms with Crippen LogP contribution in [0.2, 0.25) is 0 Å². The Kier molecular flexibility index (Phi) is 8.09. The third-order valence-electron chi connectivity index (χ3n) is 6.46. The van der Waals surface area contributed by atoms with Gasteiger partial charge in [-0.15, -0.1) is 0 Å². The molecule has 0 saturated carbocycles. The van der Waals surface area contributed by atoms with E-state index in [1.807, 2.05) is 33.8 Å². The Bertz CT molecular complexity index is 1160. The molecule has 1 amide bonds. The molecule has 3 rings (SSSR count). The first kappa shape index (κ1) is 25.8. The number of hydrogen-bond acceptors (Lipinski definition) is 5. The summed E-state index contributed by atoms with van der Waals surface area (Å²) in [6, 6.07) is 8.07. The topological polar surface area (TPSA) is 92.8 Å². The summed E-state index contributed by atoms with van der Waals surface area (Å²) in [7, 11) is -3.69. The zero-order valence-electron chi connectivity index (χ0n) is 20.0. The van der Waals surface area contributed by atoms with Gasteiger partial charge in [0.15, 0.2) is 6.61 Å². The minimum Gasteiger partial charge on any atom is -0.455 e. The zero-order chi connectivity index (χ0) is 25.0. The molecule has 1 fully saturated rings. The molecule has 1 heterocycles. The number of halogens is 1. The summed E-state index contributed by atoms with van der Waals surface area (Å²) in [6.45, 7) is 7.36. The Balaban J connectivity index is 1.53. The summed E-state index contributed by atoms with van der Waals surface area (Å²) >= 11 is 0. The zero-order valence-corrected chi connectivity index (χ0v) is 20.8. The summed E-state index contributed by atoms with van der Waals surface area (Å²) in [5.41, 5.74) is 3.67. The van der Waals surface area contributed by atoms with Crippen molar-refractivity contribution in [2.24, 2.45) is 5.92 Å². The van der Waals surface area contributed by atoms with E-state index in [0.717, 1.165) is 22.3 Å². The van der Waals surface area contributed by atoms with E-state index in [9.17, 15) is 22.4 Å². The summed E-state index contributed by atoms with van der Waals surface area (Å²) in [5, 5.41) is 2.52. The first-order chi connectivity index (χ1) is 16.0. The van der Waals surface area contributed by atoms with Crippen molar-refractivity contribution in [3.05, 3.63) is 64.0 Å². The average molecular weight is 491 g/mol. The van der Waals surface area contributed by atoms with Crippen LogP contribution in [0.5, 0.6) is 0 Å². The van der Waals surface area contributed by atoms with Crippen molar-refractivity contribution in [2.75, 3.05) is 19.7 Å². The van der Waals surface area contributed by atoms with Gasteiger partial charge in [-0.05, 0) is 68.9 Å². The molecule has 2 aromatic rings. The molecule has 0 atom stereocenters. The Hall–Kier alpha value is -2.78. The number of aryl methyl sites for hydroxylation is 2. The first-order valence-corrected chi connectivity index (χ1v) is 12.7. The van der Waals surface area contributed by atoms with E-state index in [4.69, 9.17) is 4.74 Å². The van der Waals surface area contributed by atoms with Gasteiger partial charge in [-0.3, -0.25) is 9.59 Å². The molecule has 0 spiro atoms. The summed E-state index contributed by atoms with van der Waals surface area (Å²) in [6.07, 6.45) is 0.635. The molecule has 184 valence electrons. The molecule has 1 aliphatic heterocycles. The van der Waals surface area contributed by atoms with Crippen LogP contribution >= 0.6 is 0 Å². The Morgan fingerprint density at radius 1 is 1.06 bits per heavy atom. The van der Waals surface area contributed by atoms with Crippen molar-refractivity contribution in [1.29, 1.82) is 0 Å². The molecule has 1 N–H and O–H groups in total. The van der Waals surface area contributed by atoms with Crippen molar-refractivity contribution < 1.29 is 27.1 Å². The van der Waals surface area contributed by atoms with E-state index in [1.165, 1.54) is 10.4 Å². The predicted molar refractivity (Wildman–Crippen MR) is 126 cm³/mol. The third-order valence-corrected chi connectivity index (χ3v) is 8.63. The number of carbonyl (C=O) groups is 2. The van der Waals surface area contributed by atoms with Gasteiger partial charge in [0.2, 0.25) is 10.0 Å². The van der Waals surface area contributed by atoms with Gasteiger partial charge in [-0.2, -0.15) is 4.31 Å². The first-order valence-electron chi connectivity index (χ1n) is 11.3. The summed E-state index contributed by atoms with van der Waals surface area (Å²) in [5.74, 6) is -1.96. The maximum absolute atomic E-state index is 13.6. The van der Waals surface area contributed by atoms with Crippen LogP contribution in [0.4, 0.5) is 4.39 Å². The van der Waals surface area contributed by atoms with Crippen LogP contribution in [-0.2, 0) is 30.9 Å². The molecule has 9 heteroatoms. The fourth-order valence-corrected chi connectivity index (χ4v) is 6.22. The van der Waals surface area contributed by atoms with E-state index in [-0.39, 0.29) is 19.6 Å². The van der Waals surface area contributed by atoms with Gasteiger partial charge in [0.25, 0.3) is 5.91 Å². The number of esters is 1. The average Bonchev–Trinajstić information content (AvgIpc) is 2.81. The normalized spacial score (nSPS) is 15.2. The van der Waals surface area contributed by atoms with E-state index < -0.39 is 40.2 Å². The van der Waals surface area contributed by atoms with Gasteiger partial charge in [-0.1, -0.05) is 24.3 Å². The predicted octanol–water partition coefficient (Wildman–Crippen LogP) is 3.32. The molecule has 0 bridgehead atoms. The fraction of sp³-hybridized carbons (Fsp3) is 0.440. The fourth-order valence-electron chi connectivity index (χ4n) is 4.17. The SMILES string of the molecule is Cc1cc(C)c(C)c(S(=O)(=O)N2CCC(C(=O)OCC(=O)NCc3ccccc3F)CC2)c1C. The smallest absolute Gasteiger partial charge is 0.309 e. The van der Waals surface area contributed by atoms with Gasteiger partial charge < -0.3 is 10.1 Å². The van der Waals surface area contributed by atoms with E-state index in [1.54, 1.807) is 18.2 Å². The van der Waals surface area contributed by atoms with Crippen LogP contribution in [0.25, 0.3) is 0 Å². The highest BCUT2D eigenvalue weighted by Gasteiger charge is 2.35. The second-order valence-corrected chi connectivity index (χ2v) is 10.6. The number of amides is 1. The lowest BCUT2D eigenvalue weighted by Crippen LogP contribution is -2.41. The highest BCUT2D eigenvalue weighted by atomic mass is 32.2. The van der Waals surface area contributed by atoms with E-state index in [2.05, 4.69) is 5.32 Å². The highest BCUT2D eigenvalue weighted by Crippen LogP contribution is 2.31. The molecule has 1 saturated heterocycles. The van der Waals surface area contributed by atoms with Gasteiger partial charge in [0.05, 0.1) is 10.8 Å². The number of carbonyl (C=O) groups excluding carboxylic acids is 2. The highest BCUT2D eigenvalue weighted by molar-refractivity contribution is 7.89. The summed E-state index contributed by atoms with van der Waals surface area (Å²) < 4.78 is 46.9. The number of nitrogens with one attached hydrogen (secondary N) is 1. The van der Waals surface area contributed by atoms with Crippen LogP contribution in [-0.4, -0.2) is 44.3 Å². The maximum atomic E-state index is 13.6. The molecule has 0 aromatic heterocycles. The van der Waals surface area contributed by atoms with Crippen LogP contribution in [0.15, 0.2) is 35.2 Å². The van der Waals surface area contributed by atoms with Gasteiger partial charge >= 0.3 is 5.97 Å². The van der Waals surface area contributed by atoms with Crippen LogP contribution in [0.3, 0.4) is 0 Å². The van der Waals surface area contributed by atoms with Crippen molar-refractivity contribution in [3.63, 3.8) is 0 Å². The lowest BCUT2D eigenvalue weighted by Gasteiger charge is -2.31. The van der Waals surface area contributed by atoms with E-state index >= 15 is 0 Å². The second kappa shape index (κ2) is 10.7. The lowest BCUT2D eigenvalue weighted by molar-refractivity contribution is -0.153. The van der Waals surface area contributed by atoms with Crippen LogP contribution in [0.1, 0.15) is 40.7 Å². The van der Waals surface area contributed by atoms with Crippen molar-refractivity contribution in [2.45, 2.75) is 52.0 Å². The van der Waals surface area contributed by atoms with Crippen molar-refractivity contribution in [1.82, 2.24) is 9.62 Å². The Morgan fingerprint density at radius 3 is 2.24 bits per heavy atom. The number of hydrogen-bond donors (Lipinski definition) is 1. The van der Waals surface area contributed by atoms with Gasteiger partial charge in [-0.25, -0.2) is 12.8 Å². The minimum atomic E-state index is -3.69. The number of rotatable bonds is 7. The number of benzene rings is 2. The number of piperidine rings is 1. The standard InChI is InChI=1S/C25H31FN2O5S/c1-16-13-17(2)19(4)24(18(16)3)34(31,32)28-11-9-20(10-12-28)25(30)33-15-23(29)27-14-21-7-5-6-8-22(21)26/h5-8,13,20H,9-12,14-15H2,1-4H3,(H,27,29). The van der Waals surface area contributed by atoms with Gasteiger partial charge in [0, 0.05) is 25.2 Å². The van der Waals surface area contributed by atoms with Crippen molar-refractivity contribution >= 4 is 21.9 Å². The molecule has 2 aromatic carbocycles. The molecule has 1 aliphatic rings. The molecular weight excluding hydrogens is 459 g/mol. The third kappa shape index (κ3) is 5.64. The lowest BCUT2D eigenvalue weighted by atomic mass is 9.98. The maximum Gasteiger partial charge on any atom is 0.309 e. The number of sulfonamides is 1. The largest absolute Gasteiger partial charge is 0.455 e. The Labute approximate surface area is 200 Å². The number of nitrogens with zero attached hydrogens (tertiary/aromatic N) is 1. The second-order valence-electron chi connectivity index (χ2n) is 8.74. The minimum absolute atomic E-state index is 0.00340. The van der Waals surface area contributed by atoms with Crippen molar-refractivity contribution in [3.8, 4) is 0 Å². The Morgan fingerprint density at radius 2 is 1.65 bits per heavy atom. The molecule has 0 aliphatic carbocycles. The van der Waals surface area contributed by atoms with Crippen LogP contribution < -0.4 is 5.32 Å².